The second-order valence-corrected chi connectivity index (χ2v) is 7.11. The molecule has 31 heavy (non-hydrogen) atoms. The zero-order valence-corrected chi connectivity index (χ0v) is 17.3. The molecular weight excluding hydrogens is 396 g/mol. The van der Waals surface area contributed by atoms with E-state index in [1.165, 1.54) is 10.8 Å². The summed E-state index contributed by atoms with van der Waals surface area (Å²) in [5.74, 6) is 0. The Bertz CT molecular complexity index is 1040. The predicted molar refractivity (Wildman–Crippen MR) is 118 cm³/mol. The zero-order chi connectivity index (χ0) is 22.1. The van der Waals surface area contributed by atoms with Crippen molar-refractivity contribution in [1.82, 2.24) is 14.9 Å². The number of benzene rings is 2. The smallest absolute Gasteiger partial charge is 0.347 e. The molecule has 2 aromatic carbocycles. The summed E-state index contributed by atoms with van der Waals surface area (Å²) in [6.45, 7) is 2.41. The van der Waals surface area contributed by atoms with Gasteiger partial charge in [-0.3, -0.25) is 4.57 Å². The van der Waals surface area contributed by atoms with Crippen LogP contribution in [-0.4, -0.2) is 39.9 Å². The number of rotatable bonds is 9. The van der Waals surface area contributed by atoms with Gasteiger partial charge in [-0.1, -0.05) is 42.5 Å². The maximum Gasteiger partial charge on any atom is 0.347 e. The molecule has 162 valence electrons. The van der Waals surface area contributed by atoms with Gasteiger partial charge in [-0.05, 0) is 36.2 Å². The van der Waals surface area contributed by atoms with E-state index >= 15 is 0 Å². The molecule has 8 nitrogen and oxygen atoms in total. The van der Waals surface area contributed by atoms with E-state index in [9.17, 15) is 14.7 Å². The van der Waals surface area contributed by atoms with Crippen molar-refractivity contribution in [3.8, 4) is 0 Å². The third-order valence-corrected chi connectivity index (χ3v) is 4.63. The number of hydrogen-bond donors (Lipinski definition) is 3. The highest BCUT2D eigenvalue weighted by Gasteiger charge is 2.11. The number of anilines is 1. The minimum Gasteiger partial charge on any atom is -0.389 e. The molecule has 3 rings (SSSR count). The highest BCUT2D eigenvalue weighted by Crippen LogP contribution is 2.16. The van der Waals surface area contributed by atoms with Crippen molar-refractivity contribution in [2.45, 2.75) is 25.7 Å². The highest BCUT2D eigenvalue weighted by atomic mass is 16.5. The first-order valence-electron chi connectivity index (χ1n) is 10.0. The van der Waals surface area contributed by atoms with Crippen molar-refractivity contribution >= 4 is 11.7 Å². The van der Waals surface area contributed by atoms with Crippen molar-refractivity contribution < 1.29 is 14.6 Å². The Balaban J connectivity index is 1.44. The minimum absolute atomic E-state index is 0.0537. The lowest BCUT2D eigenvalue weighted by Gasteiger charge is -2.17. The molecule has 1 aromatic heterocycles. The van der Waals surface area contributed by atoms with Gasteiger partial charge in [0.15, 0.2) is 0 Å². The number of nitrogens with zero attached hydrogens (tertiary/aromatic N) is 2. The Hall–Kier alpha value is -3.49. The molecule has 0 saturated heterocycles. The normalized spacial score (nSPS) is 12.7. The summed E-state index contributed by atoms with van der Waals surface area (Å²) >= 11 is 0. The summed E-state index contributed by atoms with van der Waals surface area (Å²) in [6.07, 6.45) is 2.12. The number of hydrogen-bond acceptors (Lipinski definition) is 5. The van der Waals surface area contributed by atoms with Gasteiger partial charge in [0.05, 0.1) is 25.4 Å². The van der Waals surface area contributed by atoms with E-state index < -0.39 is 12.1 Å². The fourth-order valence-electron chi connectivity index (χ4n) is 2.97. The molecule has 0 unspecified atom stereocenters. The Morgan fingerprint density at radius 2 is 1.97 bits per heavy atom. The Labute approximate surface area is 180 Å². The lowest BCUT2D eigenvalue weighted by molar-refractivity contribution is -0.000953. The third kappa shape index (κ3) is 7.06. The Kier molecular flexibility index (Phi) is 7.91. The van der Waals surface area contributed by atoms with E-state index in [0.29, 0.717) is 12.2 Å². The lowest BCUT2D eigenvalue weighted by Crippen LogP contribution is -2.37. The minimum atomic E-state index is -0.833. The van der Waals surface area contributed by atoms with E-state index in [2.05, 4.69) is 15.6 Å². The molecule has 8 heteroatoms. The first-order chi connectivity index (χ1) is 15.0. The summed E-state index contributed by atoms with van der Waals surface area (Å²) < 4.78 is 7.15. The first kappa shape index (κ1) is 22.2. The van der Waals surface area contributed by atoms with E-state index in [1.54, 1.807) is 30.5 Å². The number of amides is 2. The molecule has 3 N–H and O–H groups in total. The van der Waals surface area contributed by atoms with Crippen LogP contribution in [0.25, 0.3) is 0 Å². The van der Waals surface area contributed by atoms with Gasteiger partial charge in [0.25, 0.3) is 0 Å². The molecule has 0 fully saturated rings. The standard InChI is InChI=1S/C23H26N4O4/c1-17(19-8-3-2-4-9-19)31-16-21(28)14-25-22(29)26-20-10-5-7-18(13-20)15-27-12-6-11-24-23(27)30/h2-13,17,21,28H,14-16H2,1H3,(H2,25,26,29)/t17-,21+/m1/s1. The fourth-order valence-corrected chi connectivity index (χ4v) is 2.97. The number of carbonyl (C=O) groups excluding carboxylic acids is 1. The molecule has 0 bridgehead atoms. The number of urea groups is 1. The van der Waals surface area contributed by atoms with Gasteiger partial charge in [0, 0.05) is 24.6 Å². The molecule has 1 heterocycles. The van der Waals surface area contributed by atoms with Crippen LogP contribution < -0.4 is 16.3 Å². The van der Waals surface area contributed by atoms with Crippen molar-refractivity contribution in [2.75, 3.05) is 18.5 Å². The van der Waals surface area contributed by atoms with Crippen LogP contribution in [0.4, 0.5) is 10.5 Å². The van der Waals surface area contributed by atoms with Crippen LogP contribution in [0.1, 0.15) is 24.2 Å². The topological polar surface area (TPSA) is 105 Å². The molecule has 0 aliphatic rings. The molecular formula is C23H26N4O4. The van der Waals surface area contributed by atoms with Gasteiger partial charge in [-0.25, -0.2) is 14.6 Å². The van der Waals surface area contributed by atoms with Crippen molar-refractivity contribution in [2.24, 2.45) is 0 Å². The summed E-state index contributed by atoms with van der Waals surface area (Å²) in [4.78, 5) is 27.6. The van der Waals surface area contributed by atoms with Crippen LogP contribution >= 0.6 is 0 Å². The van der Waals surface area contributed by atoms with Gasteiger partial charge in [0.2, 0.25) is 0 Å². The van der Waals surface area contributed by atoms with Crippen LogP contribution in [0, 0.1) is 0 Å². The predicted octanol–water partition coefficient (Wildman–Crippen LogP) is 2.55. The molecule has 0 radical (unpaired) electrons. The second kappa shape index (κ2) is 11.1. The molecule has 0 saturated carbocycles. The molecule has 0 aliphatic heterocycles. The summed E-state index contributed by atoms with van der Waals surface area (Å²) in [5.41, 5.74) is 2.11. The molecule has 0 aliphatic carbocycles. The van der Waals surface area contributed by atoms with E-state index in [4.69, 9.17) is 4.74 Å². The van der Waals surface area contributed by atoms with E-state index in [1.807, 2.05) is 43.3 Å². The van der Waals surface area contributed by atoms with Crippen molar-refractivity contribution in [1.29, 1.82) is 0 Å². The third-order valence-electron chi connectivity index (χ3n) is 4.63. The van der Waals surface area contributed by atoms with Crippen LogP contribution in [-0.2, 0) is 11.3 Å². The second-order valence-electron chi connectivity index (χ2n) is 7.11. The summed E-state index contributed by atoms with van der Waals surface area (Å²) in [6, 6.07) is 18.1. The molecule has 2 amide bonds. The summed E-state index contributed by atoms with van der Waals surface area (Å²) in [5, 5.41) is 15.4. The van der Waals surface area contributed by atoms with Gasteiger partial charge in [-0.15, -0.1) is 0 Å². The van der Waals surface area contributed by atoms with E-state index in [0.717, 1.165) is 11.1 Å². The molecule has 3 aromatic rings. The van der Waals surface area contributed by atoms with Crippen LogP contribution in [0.2, 0.25) is 0 Å². The number of ether oxygens (including phenoxy) is 1. The average Bonchev–Trinajstić information content (AvgIpc) is 2.78. The average molecular weight is 422 g/mol. The lowest BCUT2D eigenvalue weighted by atomic mass is 10.1. The Morgan fingerprint density at radius 1 is 1.16 bits per heavy atom. The molecule has 2 atom stereocenters. The number of aliphatic hydroxyl groups excluding tert-OH is 1. The van der Waals surface area contributed by atoms with Gasteiger partial charge in [0.1, 0.15) is 0 Å². The van der Waals surface area contributed by atoms with Crippen LogP contribution in [0.15, 0.2) is 77.9 Å². The number of aliphatic hydroxyl groups is 1. The zero-order valence-electron chi connectivity index (χ0n) is 17.3. The summed E-state index contributed by atoms with van der Waals surface area (Å²) in [7, 11) is 0. The largest absolute Gasteiger partial charge is 0.389 e. The van der Waals surface area contributed by atoms with Crippen LogP contribution in [0.5, 0.6) is 0 Å². The van der Waals surface area contributed by atoms with Crippen molar-refractivity contribution in [3.05, 3.63) is 94.7 Å². The SMILES string of the molecule is C[C@@H](OC[C@@H](O)CNC(=O)Nc1cccc(Cn2cccnc2=O)c1)c1ccccc1. The quantitative estimate of drug-likeness (QED) is 0.492. The van der Waals surface area contributed by atoms with Crippen molar-refractivity contribution in [3.63, 3.8) is 0 Å². The monoisotopic (exact) mass is 422 g/mol. The van der Waals surface area contributed by atoms with Gasteiger partial charge >= 0.3 is 11.7 Å². The van der Waals surface area contributed by atoms with Crippen LogP contribution in [0.3, 0.4) is 0 Å². The maximum atomic E-state index is 12.2. The first-order valence-corrected chi connectivity index (χ1v) is 10.0. The number of nitrogens with one attached hydrogen (secondary N) is 2. The van der Waals surface area contributed by atoms with Gasteiger partial charge < -0.3 is 20.5 Å². The van der Waals surface area contributed by atoms with Gasteiger partial charge in [-0.2, -0.15) is 0 Å². The highest BCUT2D eigenvalue weighted by molar-refractivity contribution is 5.89. The number of aromatic nitrogens is 2. The maximum absolute atomic E-state index is 12.2. The fraction of sp³-hybridized carbons (Fsp3) is 0.261. The molecule has 0 spiro atoms. The Morgan fingerprint density at radius 3 is 2.74 bits per heavy atom. The number of carbonyl (C=O) groups is 1. The van der Waals surface area contributed by atoms with E-state index in [-0.39, 0.29) is 24.9 Å².